The van der Waals surface area contributed by atoms with Gasteiger partial charge >= 0.3 is 0 Å². The molecule has 1 heterocycles. The van der Waals surface area contributed by atoms with Crippen LogP contribution >= 0.6 is 0 Å². The van der Waals surface area contributed by atoms with Gasteiger partial charge in [0, 0.05) is 23.5 Å². The number of hydrazone groups is 1. The lowest BCUT2D eigenvalue weighted by molar-refractivity contribution is 1.32. The largest absolute Gasteiger partial charge is 0.299 e. The van der Waals surface area contributed by atoms with Gasteiger partial charge in [-0.3, -0.25) is 15.8 Å². The lowest BCUT2D eigenvalue weighted by Crippen LogP contribution is -2.19. The molecule has 0 saturated carbocycles. The average molecular weight is 579 g/mol. The maximum atomic E-state index is 9.19. The summed E-state index contributed by atoms with van der Waals surface area (Å²) in [6.45, 7) is 0. The van der Waals surface area contributed by atoms with Crippen LogP contribution in [0.15, 0.2) is 175 Å². The normalized spacial score (nSPS) is 13.7. The fourth-order valence-electron chi connectivity index (χ4n) is 5.57. The number of pyridine rings is 1. The summed E-state index contributed by atoms with van der Waals surface area (Å²) in [5, 5.41) is 14.0. The van der Waals surface area contributed by atoms with Gasteiger partial charge in [0.2, 0.25) is 0 Å². The standard InChI is InChI=1S/C41H30N4/c42-40-27-37(33-17-7-15-31(23-33)29-11-3-1-4-12-29)26-39(35-19-8-16-32(24-35)30-13-5-2-6-14-30)41(40)45-44-38-21-9-18-34(25-38)36-20-10-22-43-28-36/h1-28,42,44H/b42-40?,45-41-. The Morgan fingerprint density at radius 2 is 1.04 bits per heavy atom. The molecule has 2 N–H and O–H groups in total. The van der Waals surface area contributed by atoms with E-state index < -0.39 is 0 Å². The van der Waals surface area contributed by atoms with Crippen LogP contribution in [0.4, 0.5) is 5.69 Å². The quantitative estimate of drug-likeness (QED) is 0.146. The van der Waals surface area contributed by atoms with Gasteiger partial charge in [0.05, 0.1) is 11.4 Å². The van der Waals surface area contributed by atoms with E-state index in [0.717, 1.165) is 61.3 Å². The number of benzene rings is 5. The Morgan fingerprint density at radius 3 is 1.71 bits per heavy atom. The van der Waals surface area contributed by atoms with Gasteiger partial charge in [-0.25, -0.2) is 0 Å². The summed E-state index contributed by atoms with van der Waals surface area (Å²) in [6.07, 6.45) is 7.67. The van der Waals surface area contributed by atoms with E-state index in [1.807, 2.05) is 54.7 Å². The highest BCUT2D eigenvalue weighted by Gasteiger charge is 2.21. The zero-order valence-corrected chi connectivity index (χ0v) is 24.6. The number of nitrogens with zero attached hydrogens (tertiary/aromatic N) is 2. The Labute approximate surface area is 263 Å². The lowest BCUT2D eigenvalue weighted by atomic mass is 9.86. The van der Waals surface area contributed by atoms with Gasteiger partial charge in [-0.2, -0.15) is 5.10 Å². The van der Waals surface area contributed by atoms with Crippen LogP contribution in [0.1, 0.15) is 11.1 Å². The van der Waals surface area contributed by atoms with Crippen molar-refractivity contribution in [2.24, 2.45) is 5.10 Å². The Morgan fingerprint density at radius 1 is 0.489 bits per heavy atom. The molecule has 0 saturated heterocycles. The molecule has 0 unspecified atom stereocenters. The van der Waals surface area contributed by atoms with E-state index >= 15 is 0 Å². The third kappa shape index (κ3) is 6.17. The van der Waals surface area contributed by atoms with Crippen molar-refractivity contribution < 1.29 is 0 Å². The summed E-state index contributed by atoms with van der Waals surface area (Å²) < 4.78 is 0. The SMILES string of the molecule is N=C1C=C(c2cccc(-c3ccccc3)c2)C=C(c2cccc(-c3ccccc3)c2)/C1=N/Nc1cccc(-c2cccnc2)c1. The van der Waals surface area contributed by atoms with Gasteiger partial charge in [-0.1, -0.05) is 115 Å². The summed E-state index contributed by atoms with van der Waals surface area (Å²) in [4.78, 5) is 4.26. The molecule has 6 aromatic rings. The van der Waals surface area contributed by atoms with Crippen molar-refractivity contribution in [2.45, 2.75) is 0 Å². The minimum absolute atomic E-state index is 0.341. The molecule has 0 fully saturated rings. The second-order valence-electron chi connectivity index (χ2n) is 10.9. The van der Waals surface area contributed by atoms with Gasteiger partial charge < -0.3 is 0 Å². The Bertz CT molecular complexity index is 2080. The molecule has 5 aromatic carbocycles. The van der Waals surface area contributed by atoms with Crippen LogP contribution in [-0.2, 0) is 0 Å². The van der Waals surface area contributed by atoms with Crippen LogP contribution in [0.5, 0.6) is 0 Å². The Hall–Kier alpha value is -6.13. The summed E-state index contributed by atoms with van der Waals surface area (Å²) >= 11 is 0. The molecular formula is C41H30N4. The zero-order chi connectivity index (χ0) is 30.4. The van der Waals surface area contributed by atoms with Crippen LogP contribution < -0.4 is 5.43 Å². The third-order valence-corrected chi connectivity index (χ3v) is 7.85. The second-order valence-corrected chi connectivity index (χ2v) is 10.9. The minimum atomic E-state index is 0.341. The molecule has 0 bridgehead atoms. The van der Waals surface area contributed by atoms with Gasteiger partial charge in [-0.15, -0.1) is 0 Å². The smallest absolute Gasteiger partial charge is 0.116 e. The molecule has 0 amide bonds. The van der Waals surface area contributed by atoms with Crippen molar-refractivity contribution in [1.29, 1.82) is 5.41 Å². The van der Waals surface area contributed by atoms with Crippen LogP contribution in [-0.4, -0.2) is 16.4 Å². The van der Waals surface area contributed by atoms with Crippen molar-refractivity contribution in [3.8, 4) is 33.4 Å². The molecule has 0 spiro atoms. The molecule has 0 atom stereocenters. The Balaban J connectivity index is 1.29. The highest BCUT2D eigenvalue weighted by Crippen LogP contribution is 2.33. The fourth-order valence-corrected chi connectivity index (χ4v) is 5.57. The van der Waals surface area contributed by atoms with Gasteiger partial charge in [0.25, 0.3) is 0 Å². The van der Waals surface area contributed by atoms with E-state index in [-0.39, 0.29) is 0 Å². The molecule has 1 aromatic heterocycles. The van der Waals surface area contributed by atoms with Gasteiger partial charge in [-0.05, 0) is 87.0 Å². The van der Waals surface area contributed by atoms with Gasteiger partial charge in [0.1, 0.15) is 5.71 Å². The van der Waals surface area contributed by atoms with Crippen molar-refractivity contribution in [1.82, 2.24) is 4.98 Å². The topological polar surface area (TPSA) is 61.1 Å². The Kier molecular flexibility index (Phi) is 7.76. The first kappa shape index (κ1) is 27.7. The molecule has 4 nitrogen and oxygen atoms in total. The predicted molar refractivity (Wildman–Crippen MR) is 188 cm³/mol. The van der Waals surface area contributed by atoms with Gasteiger partial charge in [0.15, 0.2) is 0 Å². The number of allylic oxidation sites excluding steroid dienone is 4. The molecule has 4 heteroatoms. The average Bonchev–Trinajstić information content (AvgIpc) is 3.12. The second kappa shape index (κ2) is 12.6. The summed E-state index contributed by atoms with van der Waals surface area (Å²) in [5.41, 5.74) is 15.5. The first-order valence-corrected chi connectivity index (χ1v) is 14.9. The number of anilines is 1. The number of aromatic nitrogens is 1. The predicted octanol–water partition coefficient (Wildman–Crippen LogP) is 10.1. The summed E-state index contributed by atoms with van der Waals surface area (Å²) in [5.74, 6) is 0. The monoisotopic (exact) mass is 578 g/mol. The summed E-state index contributed by atoms with van der Waals surface area (Å²) in [7, 11) is 0. The molecule has 7 rings (SSSR count). The molecule has 214 valence electrons. The molecule has 0 aliphatic heterocycles. The maximum Gasteiger partial charge on any atom is 0.116 e. The van der Waals surface area contributed by atoms with Crippen LogP contribution in [0.2, 0.25) is 0 Å². The summed E-state index contributed by atoms with van der Waals surface area (Å²) in [6, 6.07) is 49.7. The van der Waals surface area contributed by atoms with E-state index in [0.29, 0.717) is 11.4 Å². The molecule has 1 aliphatic rings. The number of nitrogens with one attached hydrogen (secondary N) is 2. The highest BCUT2D eigenvalue weighted by atomic mass is 15.3. The minimum Gasteiger partial charge on any atom is -0.299 e. The maximum absolute atomic E-state index is 9.19. The van der Waals surface area contributed by atoms with Crippen LogP contribution in [0, 0.1) is 5.41 Å². The van der Waals surface area contributed by atoms with Crippen molar-refractivity contribution in [2.75, 3.05) is 5.43 Å². The van der Waals surface area contributed by atoms with Crippen LogP contribution in [0.25, 0.3) is 44.5 Å². The van der Waals surface area contributed by atoms with E-state index in [1.54, 1.807) is 6.20 Å². The fraction of sp³-hybridized carbons (Fsp3) is 0. The highest BCUT2D eigenvalue weighted by molar-refractivity contribution is 6.62. The van der Waals surface area contributed by atoms with Crippen molar-refractivity contribution in [3.63, 3.8) is 0 Å². The molecule has 45 heavy (non-hydrogen) atoms. The first-order chi connectivity index (χ1) is 22.2. The molecular weight excluding hydrogens is 548 g/mol. The number of hydrogen-bond acceptors (Lipinski definition) is 4. The van der Waals surface area contributed by atoms with Crippen molar-refractivity contribution in [3.05, 3.63) is 181 Å². The number of rotatable bonds is 7. The lowest BCUT2D eigenvalue weighted by Gasteiger charge is -2.19. The van der Waals surface area contributed by atoms with Crippen molar-refractivity contribution >= 4 is 28.3 Å². The molecule has 1 aliphatic carbocycles. The van der Waals surface area contributed by atoms with E-state index in [9.17, 15) is 5.41 Å². The van der Waals surface area contributed by atoms with Crippen LogP contribution in [0.3, 0.4) is 0 Å². The van der Waals surface area contributed by atoms with E-state index in [2.05, 4.69) is 120 Å². The van der Waals surface area contributed by atoms with E-state index in [1.165, 1.54) is 0 Å². The third-order valence-electron chi connectivity index (χ3n) is 7.85. The zero-order valence-electron chi connectivity index (χ0n) is 24.6. The first-order valence-electron chi connectivity index (χ1n) is 14.9. The molecule has 0 radical (unpaired) electrons. The van der Waals surface area contributed by atoms with E-state index in [4.69, 9.17) is 5.10 Å². The number of hydrogen-bond donors (Lipinski definition) is 2.